The number of imidazole rings is 1. The lowest BCUT2D eigenvalue weighted by Gasteiger charge is -2.39. The summed E-state index contributed by atoms with van der Waals surface area (Å²) in [6.45, 7) is 8.07. The zero-order valence-electron chi connectivity index (χ0n) is 15.1. The van der Waals surface area contributed by atoms with Gasteiger partial charge in [0.1, 0.15) is 10.7 Å². The van der Waals surface area contributed by atoms with Crippen LogP contribution in [0, 0.1) is 20.8 Å². The lowest BCUT2D eigenvalue weighted by Crippen LogP contribution is -2.49. The summed E-state index contributed by atoms with van der Waals surface area (Å²) >= 11 is 1.48. The molecular weight excluding hydrogens is 346 g/mol. The van der Waals surface area contributed by atoms with Crippen molar-refractivity contribution in [1.29, 1.82) is 0 Å². The Morgan fingerprint density at radius 1 is 1.27 bits per heavy atom. The summed E-state index contributed by atoms with van der Waals surface area (Å²) in [4.78, 5) is 28.5. The average molecular weight is 367 g/mol. The molecule has 0 saturated carbocycles. The molecule has 7 heteroatoms. The van der Waals surface area contributed by atoms with Gasteiger partial charge in [-0.1, -0.05) is 6.07 Å². The van der Waals surface area contributed by atoms with Crippen LogP contribution in [0.15, 0.2) is 30.7 Å². The van der Waals surface area contributed by atoms with E-state index in [0.717, 1.165) is 39.2 Å². The molecule has 1 aliphatic heterocycles. The predicted molar refractivity (Wildman–Crippen MR) is 101 cm³/mol. The zero-order chi connectivity index (χ0) is 18.3. The number of carbonyl (C=O) groups is 1. The van der Waals surface area contributed by atoms with E-state index in [1.54, 1.807) is 6.20 Å². The first-order valence-corrected chi connectivity index (χ1v) is 9.49. The van der Waals surface area contributed by atoms with E-state index >= 15 is 0 Å². The molecular formula is C19H21N5OS. The molecule has 1 amide bonds. The molecule has 26 heavy (non-hydrogen) atoms. The highest BCUT2D eigenvalue weighted by Crippen LogP contribution is 2.30. The van der Waals surface area contributed by atoms with Crippen molar-refractivity contribution < 1.29 is 4.79 Å². The molecule has 0 radical (unpaired) electrons. The van der Waals surface area contributed by atoms with E-state index < -0.39 is 0 Å². The van der Waals surface area contributed by atoms with Crippen molar-refractivity contribution in [1.82, 2.24) is 24.4 Å². The van der Waals surface area contributed by atoms with Crippen LogP contribution in [0.3, 0.4) is 0 Å². The van der Waals surface area contributed by atoms with E-state index in [1.807, 2.05) is 37.2 Å². The van der Waals surface area contributed by atoms with Gasteiger partial charge in [-0.15, -0.1) is 11.3 Å². The number of amides is 1. The Labute approximate surface area is 156 Å². The summed E-state index contributed by atoms with van der Waals surface area (Å²) in [5, 5.41) is 0.936. The molecule has 0 unspecified atom stereocenters. The topological polar surface area (TPSA) is 63.9 Å². The number of hydrogen-bond acceptors (Lipinski definition) is 5. The molecule has 0 aromatic carbocycles. The second-order valence-electron chi connectivity index (χ2n) is 6.76. The molecule has 1 aliphatic rings. The number of carbonyl (C=O) groups excluding carboxylic acids is 1. The van der Waals surface area contributed by atoms with Crippen molar-refractivity contribution in [3.8, 4) is 0 Å². The Balaban J connectivity index is 1.48. The maximum absolute atomic E-state index is 12.7. The molecule has 1 fully saturated rings. The van der Waals surface area contributed by atoms with Gasteiger partial charge in [-0.2, -0.15) is 0 Å². The minimum Gasteiger partial charge on any atom is -0.336 e. The fourth-order valence-electron chi connectivity index (χ4n) is 3.37. The molecule has 134 valence electrons. The van der Waals surface area contributed by atoms with Crippen molar-refractivity contribution in [2.24, 2.45) is 0 Å². The van der Waals surface area contributed by atoms with Crippen LogP contribution in [0.25, 0.3) is 0 Å². The molecule has 1 saturated heterocycles. The van der Waals surface area contributed by atoms with Crippen molar-refractivity contribution in [2.75, 3.05) is 13.1 Å². The van der Waals surface area contributed by atoms with E-state index in [0.29, 0.717) is 13.1 Å². The minimum atomic E-state index is 0.0893. The van der Waals surface area contributed by atoms with Crippen LogP contribution in [-0.4, -0.2) is 43.4 Å². The number of aryl methyl sites for hydroxylation is 3. The molecule has 0 N–H and O–H groups in total. The van der Waals surface area contributed by atoms with Gasteiger partial charge in [-0.05, 0) is 32.4 Å². The first-order valence-electron chi connectivity index (χ1n) is 8.67. The third-order valence-corrected chi connectivity index (χ3v) is 5.84. The highest BCUT2D eigenvalue weighted by Gasteiger charge is 2.36. The van der Waals surface area contributed by atoms with Gasteiger partial charge in [0.2, 0.25) is 0 Å². The van der Waals surface area contributed by atoms with E-state index in [2.05, 4.69) is 32.5 Å². The fourth-order valence-corrected chi connectivity index (χ4v) is 4.25. The summed E-state index contributed by atoms with van der Waals surface area (Å²) in [6.07, 6.45) is 5.57. The van der Waals surface area contributed by atoms with E-state index in [9.17, 15) is 4.79 Å². The van der Waals surface area contributed by atoms with Crippen molar-refractivity contribution in [3.63, 3.8) is 0 Å². The quantitative estimate of drug-likeness (QED) is 0.711. The van der Waals surface area contributed by atoms with Gasteiger partial charge in [0.15, 0.2) is 0 Å². The number of aromatic nitrogens is 4. The summed E-state index contributed by atoms with van der Waals surface area (Å²) in [7, 11) is 0. The predicted octanol–water partition coefficient (Wildman–Crippen LogP) is 2.95. The molecule has 0 atom stereocenters. The van der Waals surface area contributed by atoms with E-state index in [4.69, 9.17) is 0 Å². The lowest BCUT2D eigenvalue weighted by molar-refractivity contribution is 0.0595. The van der Waals surface area contributed by atoms with E-state index in [-0.39, 0.29) is 11.8 Å². The van der Waals surface area contributed by atoms with Crippen LogP contribution in [0.1, 0.15) is 43.4 Å². The smallest absolute Gasteiger partial charge is 0.265 e. The standard InChI is InChI=1S/C19H21N5OS/c1-12-7-21-18(24(12)9-15-5-4-6-20-8-15)16-10-23(11-16)19(25)17-13(2)22-14(3)26-17/h4-8,16H,9-11H2,1-3H3. The number of likely N-dealkylation sites (tertiary alicyclic amines) is 1. The second-order valence-corrected chi connectivity index (χ2v) is 7.96. The van der Waals surface area contributed by atoms with Gasteiger partial charge in [0.25, 0.3) is 5.91 Å². The third-order valence-electron chi connectivity index (χ3n) is 4.78. The van der Waals surface area contributed by atoms with Crippen LogP contribution in [0.2, 0.25) is 0 Å². The summed E-state index contributed by atoms with van der Waals surface area (Å²) in [6, 6.07) is 4.02. The van der Waals surface area contributed by atoms with Crippen LogP contribution in [-0.2, 0) is 6.54 Å². The van der Waals surface area contributed by atoms with Crippen molar-refractivity contribution in [2.45, 2.75) is 33.2 Å². The number of nitrogens with zero attached hydrogens (tertiary/aromatic N) is 5. The molecule has 4 heterocycles. The Bertz CT molecular complexity index is 940. The SMILES string of the molecule is Cc1nc(C)c(C(=O)N2CC(c3ncc(C)n3Cc3cccnc3)C2)s1. The maximum Gasteiger partial charge on any atom is 0.265 e. The van der Waals surface area contributed by atoms with Crippen LogP contribution >= 0.6 is 11.3 Å². The van der Waals surface area contributed by atoms with Gasteiger partial charge < -0.3 is 9.47 Å². The number of hydrogen-bond donors (Lipinski definition) is 0. The van der Waals surface area contributed by atoms with E-state index in [1.165, 1.54) is 11.3 Å². The normalized spacial score (nSPS) is 14.5. The van der Waals surface area contributed by atoms with Crippen LogP contribution in [0.5, 0.6) is 0 Å². The Morgan fingerprint density at radius 3 is 2.73 bits per heavy atom. The van der Waals surface area contributed by atoms with Crippen molar-refractivity contribution >= 4 is 17.2 Å². The molecule has 0 bridgehead atoms. The summed E-state index contributed by atoms with van der Waals surface area (Å²) in [5.41, 5.74) is 3.11. The fraction of sp³-hybridized carbons (Fsp3) is 0.368. The molecule has 0 aliphatic carbocycles. The van der Waals surface area contributed by atoms with Crippen LogP contribution < -0.4 is 0 Å². The highest BCUT2D eigenvalue weighted by atomic mass is 32.1. The van der Waals surface area contributed by atoms with Gasteiger partial charge in [-0.3, -0.25) is 9.78 Å². The number of thiazole rings is 1. The first kappa shape index (κ1) is 16.9. The second kappa shape index (κ2) is 6.64. The molecule has 3 aromatic heterocycles. The monoisotopic (exact) mass is 367 g/mol. The molecule has 0 spiro atoms. The molecule has 6 nitrogen and oxygen atoms in total. The van der Waals surface area contributed by atoms with Gasteiger partial charge in [0, 0.05) is 37.4 Å². The Hall–Kier alpha value is -2.54. The van der Waals surface area contributed by atoms with Gasteiger partial charge in [0.05, 0.1) is 23.2 Å². The maximum atomic E-state index is 12.7. The highest BCUT2D eigenvalue weighted by molar-refractivity contribution is 7.13. The Kier molecular flexibility index (Phi) is 4.32. The third kappa shape index (κ3) is 3.03. The molecule has 3 aromatic rings. The first-order chi connectivity index (χ1) is 12.5. The zero-order valence-corrected chi connectivity index (χ0v) is 16.0. The van der Waals surface area contributed by atoms with Crippen LogP contribution in [0.4, 0.5) is 0 Å². The largest absolute Gasteiger partial charge is 0.336 e. The summed E-state index contributed by atoms with van der Waals surface area (Å²) < 4.78 is 2.23. The Morgan fingerprint density at radius 2 is 2.08 bits per heavy atom. The van der Waals surface area contributed by atoms with Gasteiger partial charge in [-0.25, -0.2) is 9.97 Å². The molecule has 4 rings (SSSR count). The van der Waals surface area contributed by atoms with Crippen molar-refractivity contribution in [3.05, 3.63) is 63.4 Å². The average Bonchev–Trinajstić information content (AvgIpc) is 3.10. The number of rotatable bonds is 4. The van der Waals surface area contributed by atoms with Gasteiger partial charge >= 0.3 is 0 Å². The lowest BCUT2D eigenvalue weighted by atomic mass is 9.98. The minimum absolute atomic E-state index is 0.0893. The number of pyridine rings is 1. The summed E-state index contributed by atoms with van der Waals surface area (Å²) in [5.74, 6) is 1.41.